The van der Waals surface area contributed by atoms with Crippen LogP contribution in [0.25, 0.3) is 10.2 Å². The molecule has 2 fully saturated rings. The lowest BCUT2D eigenvalue weighted by atomic mass is 9.82. The molecule has 0 unspecified atom stereocenters. The predicted octanol–water partition coefficient (Wildman–Crippen LogP) is 12.9. The van der Waals surface area contributed by atoms with Crippen LogP contribution in [-0.2, 0) is 43.0 Å². The Kier molecular flexibility index (Phi) is 26.9. The van der Waals surface area contributed by atoms with Crippen molar-refractivity contribution >= 4 is 68.7 Å². The second-order valence-corrected chi connectivity index (χ2v) is 22.0. The Morgan fingerprint density at radius 3 is 1.46 bits per heavy atom. The molecule has 0 amide bonds. The standard InChI is InChI=1S/C66H79N3O15S/c1-4-7-39-76-44-38-69(66-68-57-18-12-13-19-59(57)85-66)67-46-51-45-56(83-64(74)49-22-20-47(21-23-49)62(72)81-54-32-28-52(29-33-54)77-40-14-8-10-16-42-79-60(70)5-2)36-37-58(51)84-65(75)50-26-24-48(25-27-50)63(73)82-55-34-30-53(31-35-55)78-41-15-9-11-17-43-80-61(71)6-3/h5-6,12-13,18-19,28-37,45-50H,2-4,7-11,14-17,20-27,38-44H2,1H3/b67-46+/t47-,48-,49-,50-. The lowest BCUT2D eigenvalue weighted by Gasteiger charge is -2.26. The fraction of sp³-hybridized carbons (Fsp3) is 0.455. The number of carbonyl (C=O) groups excluding carboxylic acids is 6. The number of benzene rings is 4. The average molecular weight is 1190 g/mol. The molecule has 1 heterocycles. The molecule has 2 saturated carbocycles. The van der Waals surface area contributed by atoms with E-state index in [-0.39, 0.29) is 29.4 Å². The molecule has 5 aromatic rings. The summed E-state index contributed by atoms with van der Waals surface area (Å²) in [5.41, 5.74) is 1.21. The Bertz CT molecular complexity index is 2950. The summed E-state index contributed by atoms with van der Waals surface area (Å²) in [4.78, 5) is 81.5. The van der Waals surface area contributed by atoms with Gasteiger partial charge in [-0.15, -0.1) is 0 Å². The van der Waals surface area contributed by atoms with E-state index in [2.05, 4.69) is 20.1 Å². The molecular formula is C66H79N3O15S. The molecule has 0 N–H and O–H groups in total. The fourth-order valence-electron chi connectivity index (χ4n) is 9.67. The van der Waals surface area contributed by atoms with Gasteiger partial charge in [0, 0.05) is 24.3 Å². The number of ether oxygens (including phenoxy) is 9. The number of thiazole rings is 1. The molecule has 0 saturated heterocycles. The first kappa shape index (κ1) is 64.7. The van der Waals surface area contributed by atoms with E-state index < -0.39 is 41.6 Å². The van der Waals surface area contributed by atoms with E-state index in [0.717, 1.165) is 86.6 Å². The van der Waals surface area contributed by atoms with Crippen LogP contribution in [0, 0.1) is 23.7 Å². The molecule has 0 spiro atoms. The second-order valence-electron chi connectivity index (χ2n) is 21.0. The van der Waals surface area contributed by atoms with Crippen LogP contribution in [-0.4, -0.2) is 93.2 Å². The van der Waals surface area contributed by atoms with Gasteiger partial charge in [-0.25, -0.2) is 19.6 Å². The number of hydrazone groups is 1. The monoisotopic (exact) mass is 1190 g/mol. The van der Waals surface area contributed by atoms with Crippen molar-refractivity contribution in [3.8, 4) is 34.5 Å². The SMILES string of the molecule is C=CC(=O)OCCCCCCOc1ccc(OC(=O)[C@H]2CC[C@H](C(=O)Oc3ccc(OC(=O)[C@H]4CC[C@H](C(=O)Oc5ccc(OCCCCCCOC(=O)C=C)cc5)CC4)c(/C=N/N(CCOCCCC)c4nc5ccccc5s4)c3)CC2)cc1. The van der Waals surface area contributed by atoms with Crippen molar-refractivity contribution in [3.63, 3.8) is 0 Å². The highest BCUT2D eigenvalue weighted by atomic mass is 32.1. The largest absolute Gasteiger partial charge is 0.494 e. The molecule has 4 aromatic carbocycles. The normalized spacial score (nSPS) is 16.6. The van der Waals surface area contributed by atoms with Crippen molar-refractivity contribution in [3.05, 3.63) is 122 Å². The van der Waals surface area contributed by atoms with Crippen LogP contribution >= 0.6 is 11.3 Å². The highest BCUT2D eigenvalue weighted by molar-refractivity contribution is 7.22. The number of fused-ring (bicyclic) bond motifs is 1. The highest BCUT2D eigenvalue weighted by Gasteiger charge is 2.34. The van der Waals surface area contributed by atoms with Crippen molar-refractivity contribution in [2.24, 2.45) is 28.8 Å². The smallest absolute Gasteiger partial charge is 0.330 e. The zero-order valence-electron chi connectivity index (χ0n) is 48.7. The molecule has 454 valence electrons. The van der Waals surface area contributed by atoms with Crippen molar-refractivity contribution in [1.82, 2.24) is 4.98 Å². The van der Waals surface area contributed by atoms with Crippen LogP contribution in [0.5, 0.6) is 34.5 Å². The summed E-state index contributed by atoms with van der Waals surface area (Å²) in [6.07, 6.45) is 16.2. The number of para-hydroxylation sites is 1. The zero-order chi connectivity index (χ0) is 60.0. The first-order valence-electron chi connectivity index (χ1n) is 29.8. The molecule has 0 atom stereocenters. The van der Waals surface area contributed by atoms with Crippen LogP contribution in [0.1, 0.15) is 128 Å². The van der Waals surface area contributed by atoms with Gasteiger partial charge in [0.25, 0.3) is 0 Å². The van der Waals surface area contributed by atoms with Gasteiger partial charge in [0.1, 0.15) is 34.5 Å². The molecule has 85 heavy (non-hydrogen) atoms. The lowest BCUT2D eigenvalue weighted by molar-refractivity contribution is -0.145. The number of hydrogen-bond acceptors (Lipinski definition) is 19. The predicted molar refractivity (Wildman–Crippen MR) is 323 cm³/mol. The van der Waals surface area contributed by atoms with Crippen LogP contribution in [0.2, 0.25) is 0 Å². The zero-order valence-corrected chi connectivity index (χ0v) is 49.5. The molecule has 2 aliphatic carbocycles. The van der Waals surface area contributed by atoms with E-state index in [9.17, 15) is 28.8 Å². The number of carbonyl (C=O) groups is 6. The Morgan fingerprint density at radius 1 is 0.529 bits per heavy atom. The molecule has 7 rings (SSSR count). The summed E-state index contributed by atoms with van der Waals surface area (Å²) in [6.45, 7) is 12.1. The van der Waals surface area contributed by atoms with Crippen molar-refractivity contribution < 1.29 is 71.4 Å². The molecule has 2 aliphatic rings. The number of nitrogens with zero attached hydrogens (tertiary/aromatic N) is 3. The Labute approximate surface area is 501 Å². The topological polar surface area (TPSA) is 214 Å². The van der Waals surface area contributed by atoms with E-state index in [1.807, 2.05) is 24.3 Å². The van der Waals surface area contributed by atoms with E-state index in [4.69, 9.17) is 52.7 Å². The maximum absolute atomic E-state index is 14.0. The van der Waals surface area contributed by atoms with E-state index in [0.29, 0.717) is 131 Å². The van der Waals surface area contributed by atoms with Crippen LogP contribution in [0.3, 0.4) is 0 Å². The van der Waals surface area contributed by atoms with E-state index in [1.165, 1.54) is 11.3 Å². The van der Waals surface area contributed by atoms with Gasteiger partial charge in [-0.3, -0.25) is 19.2 Å². The summed E-state index contributed by atoms with van der Waals surface area (Å²) < 4.78 is 52.2. The molecule has 1 aromatic heterocycles. The first-order valence-corrected chi connectivity index (χ1v) is 30.6. The molecule has 0 radical (unpaired) electrons. The van der Waals surface area contributed by atoms with Gasteiger partial charge >= 0.3 is 35.8 Å². The minimum atomic E-state index is -0.480. The van der Waals surface area contributed by atoms with Crippen molar-refractivity contribution in [2.45, 2.75) is 122 Å². The minimum absolute atomic E-state index is 0.213. The third-order valence-corrected chi connectivity index (χ3v) is 15.7. The van der Waals surface area contributed by atoms with Crippen molar-refractivity contribution in [2.75, 3.05) is 51.2 Å². The van der Waals surface area contributed by atoms with E-state index >= 15 is 0 Å². The summed E-state index contributed by atoms with van der Waals surface area (Å²) in [7, 11) is 0. The number of esters is 6. The van der Waals surface area contributed by atoms with Gasteiger partial charge in [-0.2, -0.15) is 5.10 Å². The van der Waals surface area contributed by atoms with Gasteiger partial charge in [0.2, 0.25) is 5.13 Å². The fourth-order valence-corrected chi connectivity index (χ4v) is 10.6. The Hall–Kier alpha value is -7.90. The number of anilines is 1. The average Bonchev–Trinajstić information content (AvgIpc) is 4.18. The number of aromatic nitrogens is 1. The lowest BCUT2D eigenvalue weighted by Crippen LogP contribution is -2.30. The van der Waals surface area contributed by atoms with Gasteiger partial charge in [-0.1, -0.05) is 50.0 Å². The molecule has 0 bridgehead atoms. The molecule has 0 aliphatic heterocycles. The summed E-state index contributed by atoms with van der Waals surface area (Å²) in [5.74, 6) is -1.58. The summed E-state index contributed by atoms with van der Waals surface area (Å²) >= 11 is 1.49. The summed E-state index contributed by atoms with van der Waals surface area (Å²) in [5, 5.41) is 7.26. The summed E-state index contributed by atoms with van der Waals surface area (Å²) in [6, 6.07) is 26.5. The Morgan fingerprint density at radius 2 is 0.976 bits per heavy atom. The quantitative estimate of drug-likeness (QED) is 0.00921. The molecule has 19 heteroatoms. The second kappa shape index (κ2) is 35.4. The minimum Gasteiger partial charge on any atom is -0.494 e. The molecule has 18 nitrogen and oxygen atoms in total. The number of rotatable bonds is 35. The van der Waals surface area contributed by atoms with Crippen LogP contribution in [0.15, 0.2) is 121 Å². The maximum Gasteiger partial charge on any atom is 0.330 e. The van der Waals surface area contributed by atoms with Crippen LogP contribution in [0.4, 0.5) is 5.13 Å². The van der Waals surface area contributed by atoms with Gasteiger partial charge in [-0.05, 0) is 188 Å². The van der Waals surface area contributed by atoms with Crippen molar-refractivity contribution in [1.29, 1.82) is 0 Å². The van der Waals surface area contributed by atoms with Gasteiger partial charge in [0.15, 0.2) is 0 Å². The first-order chi connectivity index (χ1) is 41.5. The van der Waals surface area contributed by atoms with E-state index in [1.54, 1.807) is 78.0 Å². The maximum atomic E-state index is 14.0. The Balaban J connectivity index is 0.916. The van der Waals surface area contributed by atoms with Crippen LogP contribution < -0.4 is 33.4 Å². The third-order valence-electron chi connectivity index (χ3n) is 14.6. The van der Waals surface area contributed by atoms with Gasteiger partial charge < -0.3 is 42.6 Å². The highest BCUT2D eigenvalue weighted by Crippen LogP contribution is 2.36. The number of unbranched alkanes of at least 4 members (excludes halogenated alkanes) is 7. The number of hydrogen-bond donors (Lipinski definition) is 0. The van der Waals surface area contributed by atoms with Gasteiger partial charge in [0.05, 0.1) is 79.7 Å². The third kappa shape index (κ3) is 21.9. The molecular weight excluding hydrogens is 1110 g/mol.